The molecule has 0 aliphatic heterocycles. The number of aryl methyl sites for hydroxylation is 2. The fourth-order valence-corrected chi connectivity index (χ4v) is 5.08. The van der Waals surface area contributed by atoms with E-state index in [-0.39, 0.29) is 10.8 Å². The van der Waals surface area contributed by atoms with Crippen molar-refractivity contribution >= 4 is 43.2 Å². The number of carbonyl (C=O) groups is 1. The van der Waals surface area contributed by atoms with Crippen LogP contribution in [0, 0.1) is 13.8 Å². The van der Waals surface area contributed by atoms with Gasteiger partial charge in [-0.05, 0) is 80.4 Å². The summed E-state index contributed by atoms with van der Waals surface area (Å²) in [4.78, 5) is 12.7. The average Bonchev–Trinajstić information content (AvgIpc) is 2.76. The summed E-state index contributed by atoms with van der Waals surface area (Å²) in [5.74, 6) is 0.338. The van der Waals surface area contributed by atoms with E-state index in [2.05, 4.69) is 21.2 Å². The summed E-state index contributed by atoms with van der Waals surface area (Å²) >= 11 is 3.45. The second-order valence-corrected chi connectivity index (χ2v) is 10.3. The molecule has 3 aromatic rings. The van der Waals surface area contributed by atoms with Gasteiger partial charge in [0.1, 0.15) is 5.75 Å². The van der Waals surface area contributed by atoms with E-state index >= 15 is 0 Å². The molecule has 0 aliphatic carbocycles. The van der Waals surface area contributed by atoms with Gasteiger partial charge in [0.15, 0.2) is 6.10 Å². The molecule has 0 aliphatic rings. The molecular weight excluding hydrogens is 492 g/mol. The molecule has 6 nitrogen and oxygen atoms in total. The van der Waals surface area contributed by atoms with E-state index in [1.807, 2.05) is 32.0 Å². The lowest BCUT2D eigenvalue weighted by molar-refractivity contribution is -0.122. The molecule has 3 aromatic carbocycles. The van der Waals surface area contributed by atoms with Gasteiger partial charge in [-0.25, -0.2) is 8.42 Å². The zero-order chi connectivity index (χ0) is 23.5. The number of rotatable bonds is 7. The average molecular weight is 517 g/mol. The van der Waals surface area contributed by atoms with Gasteiger partial charge in [-0.3, -0.25) is 9.10 Å². The van der Waals surface area contributed by atoms with Gasteiger partial charge < -0.3 is 10.1 Å². The maximum absolute atomic E-state index is 12.9. The summed E-state index contributed by atoms with van der Waals surface area (Å²) in [6.45, 7) is 5.51. The van der Waals surface area contributed by atoms with Crippen LogP contribution < -0.4 is 14.4 Å². The topological polar surface area (TPSA) is 75.7 Å². The summed E-state index contributed by atoms with van der Waals surface area (Å²) < 4.78 is 33.8. The van der Waals surface area contributed by atoms with Crippen LogP contribution in [0.2, 0.25) is 0 Å². The minimum Gasteiger partial charge on any atom is -0.480 e. The maximum Gasteiger partial charge on any atom is 0.265 e. The number of anilines is 2. The van der Waals surface area contributed by atoms with Gasteiger partial charge in [0.2, 0.25) is 0 Å². The number of amides is 1. The molecule has 1 unspecified atom stereocenters. The Labute approximate surface area is 197 Å². The molecule has 8 heteroatoms. The number of nitrogens with zero attached hydrogens (tertiary/aromatic N) is 1. The van der Waals surface area contributed by atoms with E-state index in [1.54, 1.807) is 43.3 Å². The first-order valence-corrected chi connectivity index (χ1v) is 12.2. The number of nitrogens with one attached hydrogen (secondary N) is 1. The van der Waals surface area contributed by atoms with Gasteiger partial charge in [0.25, 0.3) is 15.9 Å². The quantitative estimate of drug-likeness (QED) is 0.462. The predicted octanol–water partition coefficient (Wildman–Crippen LogP) is 5.30. The van der Waals surface area contributed by atoms with Crippen LogP contribution in [0.15, 0.2) is 76.1 Å². The first-order valence-electron chi connectivity index (χ1n) is 9.98. The molecular formula is C24H25BrN2O4S. The van der Waals surface area contributed by atoms with Gasteiger partial charge in [-0.15, -0.1) is 0 Å². The Kier molecular flexibility index (Phi) is 7.26. The number of hydrogen-bond donors (Lipinski definition) is 1. The Morgan fingerprint density at radius 1 is 1.00 bits per heavy atom. The second-order valence-electron chi connectivity index (χ2n) is 7.45. The van der Waals surface area contributed by atoms with Gasteiger partial charge in [0, 0.05) is 17.2 Å². The normalized spacial score (nSPS) is 12.2. The Hall–Kier alpha value is -2.84. The molecule has 0 radical (unpaired) electrons. The van der Waals surface area contributed by atoms with Crippen molar-refractivity contribution in [2.24, 2.45) is 0 Å². The van der Waals surface area contributed by atoms with Crippen molar-refractivity contribution in [1.29, 1.82) is 0 Å². The second kappa shape index (κ2) is 9.75. The molecule has 168 valence electrons. The molecule has 32 heavy (non-hydrogen) atoms. The van der Waals surface area contributed by atoms with Crippen molar-refractivity contribution in [2.45, 2.75) is 31.8 Å². The van der Waals surface area contributed by atoms with Crippen LogP contribution in [0.1, 0.15) is 18.1 Å². The Bertz CT molecular complexity index is 1190. The minimum absolute atomic E-state index is 0.132. The van der Waals surface area contributed by atoms with E-state index in [4.69, 9.17) is 4.74 Å². The molecule has 0 saturated heterocycles. The third-order valence-electron chi connectivity index (χ3n) is 4.99. The van der Waals surface area contributed by atoms with Crippen molar-refractivity contribution in [3.05, 3.63) is 82.3 Å². The van der Waals surface area contributed by atoms with Crippen LogP contribution in [0.25, 0.3) is 0 Å². The van der Waals surface area contributed by atoms with Gasteiger partial charge >= 0.3 is 0 Å². The smallest absolute Gasteiger partial charge is 0.265 e. The lowest BCUT2D eigenvalue weighted by Gasteiger charge is -2.20. The molecule has 1 amide bonds. The fraction of sp³-hybridized carbons (Fsp3) is 0.208. The molecule has 0 spiro atoms. The number of para-hydroxylation sites is 1. The lowest BCUT2D eigenvalue weighted by atomic mass is 10.1. The number of ether oxygens (including phenoxy) is 1. The first kappa shape index (κ1) is 23.8. The minimum atomic E-state index is -3.72. The third kappa shape index (κ3) is 5.31. The van der Waals surface area contributed by atoms with Crippen molar-refractivity contribution in [3.8, 4) is 5.75 Å². The van der Waals surface area contributed by atoms with Crippen molar-refractivity contribution < 1.29 is 17.9 Å². The van der Waals surface area contributed by atoms with Crippen molar-refractivity contribution in [1.82, 2.24) is 0 Å². The first-order chi connectivity index (χ1) is 15.1. The van der Waals surface area contributed by atoms with Crippen LogP contribution in [-0.2, 0) is 14.8 Å². The largest absolute Gasteiger partial charge is 0.480 e. The summed E-state index contributed by atoms with van der Waals surface area (Å²) in [6, 6.07) is 18.8. The molecule has 1 atom stereocenters. The van der Waals surface area contributed by atoms with E-state index < -0.39 is 16.1 Å². The highest BCUT2D eigenvalue weighted by atomic mass is 79.9. The zero-order valence-electron chi connectivity index (χ0n) is 18.3. The van der Waals surface area contributed by atoms with Gasteiger partial charge in [-0.1, -0.05) is 34.1 Å². The van der Waals surface area contributed by atoms with Crippen LogP contribution in [0.4, 0.5) is 11.4 Å². The summed E-state index contributed by atoms with van der Waals surface area (Å²) in [6.07, 6.45) is -0.735. The molecule has 0 aromatic heterocycles. The maximum atomic E-state index is 12.9. The highest BCUT2D eigenvalue weighted by molar-refractivity contribution is 9.10. The SMILES string of the molecule is Cc1cc(Br)cc(C)c1OC(C)C(=O)Nc1ccc(S(=O)(=O)N(C)c2ccccc2)cc1. The molecule has 1 N–H and O–H groups in total. The van der Waals surface area contributed by atoms with Crippen LogP contribution in [-0.4, -0.2) is 27.5 Å². The lowest BCUT2D eigenvalue weighted by Crippen LogP contribution is -2.30. The molecule has 0 saturated carbocycles. The van der Waals surface area contributed by atoms with Crippen LogP contribution >= 0.6 is 15.9 Å². The molecule has 0 heterocycles. The van der Waals surface area contributed by atoms with E-state index in [1.165, 1.54) is 23.5 Å². The highest BCUT2D eigenvalue weighted by Gasteiger charge is 2.22. The third-order valence-corrected chi connectivity index (χ3v) is 7.25. The monoisotopic (exact) mass is 516 g/mol. The number of carbonyl (C=O) groups excluding carboxylic acids is 1. The Morgan fingerprint density at radius 3 is 2.12 bits per heavy atom. The number of sulfonamides is 1. The Balaban J connectivity index is 1.69. The van der Waals surface area contributed by atoms with Crippen LogP contribution in [0.3, 0.4) is 0 Å². The molecule has 0 fully saturated rings. The van der Waals surface area contributed by atoms with Crippen molar-refractivity contribution in [3.63, 3.8) is 0 Å². The number of benzene rings is 3. The highest BCUT2D eigenvalue weighted by Crippen LogP contribution is 2.28. The molecule has 3 rings (SSSR count). The van der Waals surface area contributed by atoms with Crippen LogP contribution in [0.5, 0.6) is 5.75 Å². The number of halogens is 1. The van der Waals surface area contributed by atoms with E-state index in [0.717, 1.165) is 15.6 Å². The van der Waals surface area contributed by atoms with E-state index in [9.17, 15) is 13.2 Å². The number of hydrogen-bond acceptors (Lipinski definition) is 4. The standard InChI is InChI=1S/C24H25BrN2O4S/c1-16-14-19(25)15-17(2)23(16)31-18(3)24(28)26-20-10-12-22(13-11-20)32(29,30)27(4)21-8-6-5-7-9-21/h5-15,18H,1-4H3,(H,26,28). The summed E-state index contributed by atoms with van der Waals surface area (Å²) in [5.41, 5.74) is 2.90. The zero-order valence-corrected chi connectivity index (χ0v) is 20.7. The van der Waals surface area contributed by atoms with Crippen molar-refractivity contribution in [2.75, 3.05) is 16.7 Å². The Morgan fingerprint density at radius 2 is 1.56 bits per heavy atom. The van der Waals surface area contributed by atoms with Gasteiger partial charge in [0.05, 0.1) is 10.6 Å². The fourth-order valence-electron chi connectivity index (χ4n) is 3.20. The summed E-state index contributed by atoms with van der Waals surface area (Å²) in [7, 11) is -2.21. The van der Waals surface area contributed by atoms with E-state index in [0.29, 0.717) is 17.1 Å². The van der Waals surface area contributed by atoms with Gasteiger partial charge in [-0.2, -0.15) is 0 Å². The predicted molar refractivity (Wildman–Crippen MR) is 131 cm³/mol. The molecule has 0 bridgehead atoms. The summed E-state index contributed by atoms with van der Waals surface area (Å²) in [5, 5.41) is 2.77.